The molecule has 0 spiro atoms. The summed E-state index contributed by atoms with van der Waals surface area (Å²) in [5.41, 5.74) is 5.48. The second kappa shape index (κ2) is 8.41. The Morgan fingerprint density at radius 1 is 1.00 bits per heavy atom. The molecule has 136 valence electrons. The van der Waals surface area contributed by atoms with Crippen molar-refractivity contribution in [2.24, 2.45) is 0 Å². The van der Waals surface area contributed by atoms with E-state index in [1.807, 2.05) is 44.2 Å². The zero-order valence-corrected chi connectivity index (χ0v) is 16.0. The molecule has 0 fully saturated rings. The fourth-order valence-corrected chi connectivity index (χ4v) is 3.69. The van der Waals surface area contributed by atoms with Gasteiger partial charge in [-0.15, -0.1) is 11.8 Å². The Morgan fingerprint density at radius 2 is 1.69 bits per heavy atom. The van der Waals surface area contributed by atoms with Gasteiger partial charge in [-0.3, -0.25) is 9.59 Å². The molecule has 0 radical (unpaired) electrons. The van der Waals surface area contributed by atoms with Crippen LogP contribution in [0.3, 0.4) is 0 Å². The van der Waals surface area contributed by atoms with Crippen LogP contribution in [0.4, 0.5) is 11.4 Å². The Kier molecular flexibility index (Phi) is 5.99. The summed E-state index contributed by atoms with van der Waals surface area (Å²) in [5.74, 6) is 0.0687. The van der Waals surface area contributed by atoms with Crippen molar-refractivity contribution in [3.05, 3.63) is 59.2 Å². The van der Waals surface area contributed by atoms with Crippen molar-refractivity contribution in [2.75, 3.05) is 16.4 Å². The van der Waals surface area contributed by atoms with Crippen molar-refractivity contribution >= 4 is 35.0 Å². The minimum Gasteiger partial charge on any atom is -0.325 e. The molecule has 2 aromatic rings. The minimum absolute atomic E-state index is 0.0731. The van der Waals surface area contributed by atoms with Crippen molar-refractivity contribution < 1.29 is 9.59 Å². The number of rotatable bonds is 6. The summed E-state index contributed by atoms with van der Waals surface area (Å²) in [7, 11) is 0. The Hall–Kier alpha value is -2.27. The fourth-order valence-electron chi connectivity index (χ4n) is 3.00. The summed E-state index contributed by atoms with van der Waals surface area (Å²) in [4.78, 5) is 24.4. The highest BCUT2D eigenvalue weighted by atomic mass is 32.2. The molecule has 2 N–H and O–H groups in total. The zero-order valence-electron chi connectivity index (χ0n) is 15.2. The first-order valence-corrected chi connectivity index (χ1v) is 9.97. The quantitative estimate of drug-likeness (QED) is 0.804. The Balaban J connectivity index is 1.46. The number of benzene rings is 2. The van der Waals surface area contributed by atoms with Gasteiger partial charge in [0.25, 0.3) is 0 Å². The van der Waals surface area contributed by atoms with E-state index in [1.54, 1.807) is 0 Å². The minimum atomic E-state index is -0.299. The van der Waals surface area contributed by atoms with Crippen LogP contribution in [0.15, 0.2) is 42.5 Å². The standard InChI is InChI=1S/C21H24N2O2S/c1-14-6-9-18(10-7-14)22-20(24)13-26-15(2)21(25)23-19-11-8-16-4-3-5-17(16)12-19/h6-12,15H,3-5,13H2,1-2H3,(H,22,24)(H,23,25)/t15-/m1/s1. The average molecular weight is 369 g/mol. The predicted molar refractivity (Wildman–Crippen MR) is 109 cm³/mol. The number of aryl methyl sites for hydroxylation is 3. The molecule has 0 saturated carbocycles. The van der Waals surface area contributed by atoms with Crippen LogP contribution in [-0.2, 0) is 22.4 Å². The van der Waals surface area contributed by atoms with Gasteiger partial charge in [-0.05, 0) is 68.5 Å². The second-order valence-corrected chi connectivity index (χ2v) is 8.02. The second-order valence-electron chi connectivity index (χ2n) is 6.69. The van der Waals surface area contributed by atoms with E-state index in [2.05, 4.69) is 22.8 Å². The lowest BCUT2D eigenvalue weighted by Gasteiger charge is -2.13. The SMILES string of the molecule is Cc1ccc(NC(=O)CS[C@H](C)C(=O)Nc2ccc3c(c2)CCC3)cc1. The van der Waals surface area contributed by atoms with Crippen LogP contribution in [0.25, 0.3) is 0 Å². The summed E-state index contributed by atoms with van der Waals surface area (Å²) in [5, 5.41) is 5.51. The highest BCUT2D eigenvalue weighted by Gasteiger charge is 2.17. The molecule has 0 aromatic heterocycles. The normalized spacial score (nSPS) is 13.8. The zero-order chi connectivity index (χ0) is 18.5. The molecule has 26 heavy (non-hydrogen) atoms. The molecule has 4 nitrogen and oxygen atoms in total. The first kappa shape index (κ1) is 18.5. The van der Waals surface area contributed by atoms with Crippen LogP contribution in [0, 0.1) is 6.92 Å². The topological polar surface area (TPSA) is 58.2 Å². The number of hydrogen-bond acceptors (Lipinski definition) is 3. The first-order valence-electron chi connectivity index (χ1n) is 8.92. The number of carbonyl (C=O) groups is 2. The Morgan fingerprint density at radius 3 is 2.46 bits per heavy atom. The number of nitrogens with one attached hydrogen (secondary N) is 2. The summed E-state index contributed by atoms with van der Waals surface area (Å²) >= 11 is 1.34. The maximum absolute atomic E-state index is 12.4. The summed E-state index contributed by atoms with van der Waals surface area (Å²) in [6.45, 7) is 3.83. The van der Waals surface area contributed by atoms with Gasteiger partial charge in [-0.2, -0.15) is 0 Å². The van der Waals surface area contributed by atoms with Gasteiger partial charge in [0, 0.05) is 11.4 Å². The highest BCUT2D eigenvalue weighted by molar-refractivity contribution is 8.01. The van der Waals surface area contributed by atoms with Gasteiger partial charge in [0.1, 0.15) is 0 Å². The van der Waals surface area contributed by atoms with E-state index < -0.39 is 0 Å². The molecule has 2 amide bonds. The molecule has 3 rings (SSSR count). The van der Waals surface area contributed by atoms with E-state index >= 15 is 0 Å². The smallest absolute Gasteiger partial charge is 0.237 e. The largest absolute Gasteiger partial charge is 0.325 e. The Bertz CT molecular complexity index is 802. The lowest BCUT2D eigenvalue weighted by atomic mass is 10.1. The third-order valence-corrected chi connectivity index (χ3v) is 5.68. The molecule has 0 saturated heterocycles. The summed E-state index contributed by atoms with van der Waals surface area (Å²) < 4.78 is 0. The van der Waals surface area contributed by atoms with Gasteiger partial charge < -0.3 is 10.6 Å². The molecular weight excluding hydrogens is 344 g/mol. The van der Waals surface area contributed by atoms with Crippen LogP contribution in [0.5, 0.6) is 0 Å². The average Bonchev–Trinajstić information content (AvgIpc) is 3.09. The monoisotopic (exact) mass is 368 g/mol. The van der Waals surface area contributed by atoms with E-state index in [0.29, 0.717) is 0 Å². The maximum Gasteiger partial charge on any atom is 0.237 e. The highest BCUT2D eigenvalue weighted by Crippen LogP contribution is 2.25. The lowest BCUT2D eigenvalue weighted by Crippen LogP contribution is -2.25. The van der Waals surface area contributed by atoms with E-state index in [0.717, 1.165) is 29.8 Å². The van der Waals surface area contributed by atoms with Crippen molar-refractivity contribution in [1.82, 2.24) is 0 Å². The van der Waals surface area contributed by atoms with Crippen LogP contribution >= 0.6 is 11.8 Å². The van der Waals surface area contributed by atoms with E-state index in [-0.39, 0.29) is 22.8 Å². The number of carbonyl (C=O) groups excluding carboxylic acids is 2. The van der Waals surface area contributed by atoms with Crippen LogP contribution in [0.1, 0.15) is 30.0 Å². The van der Waals surface area contributed by atoms with Crippen LogP contribution in [-0.4, -0.2) is 22.8 Å². The van der Waals surface area contributed by atoms with Gasteiger partial charge in [0.2, 0.25) is 11.8 Å². The number of fused-ring (bicyclic) bond motifs is 1. The molecule has 2 aromatic carbocycles. The maximum atomic E-state index is 12.4. The molecule has 0 bridgehead atoms. The van der Waals surface area contributed by atoms with Gasteiger partial charge in [-0.1, -0.05) is 23.8 Å². The van der Waals surface area contributed by atoms with Crippen molar-refractivity contribution in [2.45, 2.75) is 38.4 Å². The van der Waals surface area contributed by atoms with E-state index in [9.17, 15) is 9.59 Å². The van der Waals surface area contributed by atoms with Gasteiger partial charge in [0.05, 0.1) is 11.0 Å². The number of thioether (sulfide) groups is 1. The van der Waals surface area contributed by atoms with Crippen molar-refractivity contribution in [3.8, 4) is 0 Å². The third-order valence-electron chi connectivity index (χ3n) is 4.54. The van der Waals surface area contributed by atoms with Crippen molar-refractivity contribution in [1.29, 1.82) is 0 Å². The molecule has 1 atom stereocenters. The van der Waals surface area contributed by atoms with Crippen molar-refractivity contribution in [3.63, 3.8) is 0 Å². The molecule has 0 aliphatic heterocycles. The third kappa shape index (κ3) is 4.88. The molecular formula is C21H24N2O2S. The number of anilines is 2. The van der Waals surface area contributed by atoms with Gasteiger partial charge in [-0.25, -0.2) is 0 Å². The van der Waals surface area contributed by atoms with Crippen LogP contribution in [0.2, 0.25) is 0 Å². The molecule has 1 aliphatic carbocycles. The molecule has 5 heteroatoms. The first-order chi connectivity index (χ1) is 12.5. The van der Waals surface area contributed by atoms with Crippen LogP contribution < -0.4 is 10.6 Å². The summed E-state index contributed by atoms with van der Waals surface area (Å²) in [6.07, 6.45) is 3.41. The number of amides is 2. The lowest BCUT2D eigenvalue weighted by molar-refractivity contribution is -0.115. The number of hydrogen-bond donors (Lipinski definition) is 2. The summed E-state index contributed by atoms with van der Waals surface area (Å²) in [6, 6.07) is 13.8. The van der Waals surface area contributed by atoms with E-state index in [4.69, 9.17) is 0 Å². The molecule has 0 heterocycles. The molecule has 0 unspecified atom stereocenters. The van der Waals surface area contributed by atoms with Gasteiger partial charge >= 0.3 is 0 Å². The predicted octanol–water partition coefficient (Wildman–Crippen LogP) is 4.18. The Labute approximate surface area is 158 Å². The van der Waals surface area contributed by atoms with E-state index in [1.165, 1.54) is 29.3 Å². The fraction of sp³-hybridized carbons (Fsp3) is 0.333. The van der Waals surface area contributed by atoms with Gasteiger partial charge in [0.15, 0.2) is 0 Å². The molecule has 1 aliphatic rings.